The maximum atomic E-state index is 13.3. The molecule has 0 aliphatic carbocycles. The summed E-state index contributed by atoms with van der Waals surface area (Å²) in [7, 11) is 1.56. The van der Waals surface area contributed by atoms with E-state index in [0.29, 0.717) is 27.1 Å². The smallest absolute Gasteiger partial charge is 0.129 e. The van der Waals surface area contributed by atoms with Crippen LogP contribution in [0.25, 0.3) is 0 Å². The molecule has 1 atom stereocenters. The van der Waals surface area contributed by atoms with Gasteiger partial charge in [0.15, 0.2) is 0 Å². The van der Waals surface area contributed by atoms with E-state index in [-0.39, 0.29) is 12.4 Å². The molecule has 1 N–H and O–H groups in total. The van der Waals surface area contributed by atoms with E-state index in [1.54, 1.807) is 38.3 Å². The Hall–Kier alpha value is -1.59. The van der Waals surface area contributed by atoms with E-state index in [4.69, 9.17) is 9.47 Å². The molecule has 0 radical (unpaired) electrons. The van der Waals surface area contributed by atoms with Gasteiger partial charge < -0.3 is 14.6 Å². The molecule has 0 aliphatic rings. The van der Waals surface area contributed by atoms with Crippen molar-refractivity contribution in [3.8, 4) is 11.5 Å². The minimum atomic E-state index is -0.662. The van der Waals surface area contributed by atoms with Crippen LogP contribution in [0.15, 0.2) is 40.9 Å². The Morgan fingerprint density at radius 1 is 1.24 bits per heavy atom. The third-order valence-corrected chi connectivity index (χ3v) is 3.45. The largest absolute Gasteiger partial charge is 0.497 e. The second-order valence-electron chi connectivity index (χ2n) is 4.65. The van der Waals surface area contributed by atoms with E-state index < -0.39 is 6.10 Å². The van der Waals surface area contributed by atoms with Crippen LogP contribution in [0.4, 0.5) is 4.39 Å². The number of halogens is 2. The summed E-state index contributed by atoms with van der Waals surface area (Å²) in [6, 6.07) is 9.79. The molecule has 2 aromatic carbocycles. The average Bonchev–Trinajstić information content (AvgIpc) is 2.43. The third-order valence-electron chi connectivity index (χ3n) is 2.99. The summed E-state index contributed by atoms with van der Waals surface area (Å²) in [5.74, 6) is 0.823. The predicted molar refractivity (Wildman–Crippen MR) is 82.1 cm³/mol. The highest BCUT2D eigenvalue weighted by Gasteiger charge is 2.11. The van der Waals surface area contributed by atoms with Crippen LogP contribution in [0.1, 0.15) is 24.2 Å². The van der Waals surface area contributed by atoms with Crippen LogP contribution in [-0.4, -0.2) is 12.2 Å². The molecule has 1 unspecified atom stereocenters. The van der Waals surface area contributed by atoms with Gasteiger partial charge in [0.05, 0.1) is 13.2 Å². The number of benzene rings is 2. The fraction of sp³-hybridized carbons (Fsp3) is 0.250. The first-order valence-corrected chi connectivity index (χ1v) is 7.22. The quantitative estimate of drug-likeness (QED) is 0.873. The zero-order chi connectivity index (χ0) is 15.4. The van der Waals surface area contributed by atoms with Crippen molar-refractivity contribution < 1.29 is 19.0 Å². The van der Waals surface area contributed by atoms with Crippen LogP contribution in [0.2, 0.25) is 0 Å². The SMILES string of the molecule is COc1ccc(C(C)O)c(OCc2cc(F)cc(Br)c2)c1. The van der Waals surface area contributed by atoms with Crippen molar-refractivity contribution >= 4 is 15.9 Å². The van der Waals surface area contributed by atoms with Crippen molar-refractivity contribution in [1.82, 2.24) is 0 Å². The highest BCUT2D eigenvalue weighted by atomic mass is 79.9. The molecule has 0 saturated heterocycles. The van der Waals surface area contributed by atoms with Crippen molar-refractivity contribution in [3.05, 3.63) is 57.8 Å². The summed E-state index contributed by atoms with van der Waals surface area (Å²) in [6.07, 6.45) is -0.662. The number of rotatable bonds is 5. The van der Waals surface area contributed by atoms with Gasteiger partial charge in [-0.1, -0.05) is 15.9 Å². The predicted octanol–water partition coefficient (Wildman–Crippen LogP) is 4.23. The normalized spacial score (nSPS) is 12.0. The fourth-order valence-corrected chi connectivity index (χ4v) is 2.48. The Morgan fingerprint density at radius 3 is 2.62 bits per heavy atom. The monoisotopic (exact) mass is 354 g/mol. The first kappa shape index (κ1) is 15.8. The second kappa shape index (κ2) is 6.91. The molecule has 0 aromatic heterocycles. The molecular formula is C16H16BrFO3. The topological polar surface area (TPSA) is 38.7 Å². The number of methoxy groups -OCH3 is 1. The molecule has 0 heterocycles. The van der Waals surface area contributed by atoms with E-state index in [9.17, 15) is 9.50 Å². The van der Waals surface area contributed by atoms with Crippen LogP contribution in [0.3, 0.4) is 0 Å². The van der Waals surface area contributed by atoms with Crippen LogP contribution >= 0.6 is 15.9 Å². The molecular weight excluding hydrogens is 339 g/mol. The van der Waals surface area contributed by atoms with Gasteiger partial charge in [-0.3, -0.25) is 0 Å². The van der Waals surface area contributed by atoms with Crippen LogP contribution in [-0.2, 0) is 6.61 Å². The summed E-state index contributed by atoms with van der Waals surface area (Å²) >= 11 is 3.24. The van der Waals surface area contributed by atoms with Crippen molar-refractivity contribution in [2.45, 2.75) is 19.6 Å². The highest BCUT2D eigenvalue weighted by molar-refractivity contribution is 9.10. The summed E-state index contributed by atoms with van der Waals surface area (Å²) in [6.45, 7) is 1.86. The molecule has 2 rings (SSSR count). The van der Waals surface area contributed by atoms with Gasteiger partial charge >= 0.3 is 0 Å². The number of aliphatic hydroxyl groups excluding tert-OH is 1. The molecule has 5 heteroatoms. The van der Waals surface area contributed by atoms with Crippen molar-refractivity contribution in [1.29, 1.82) is 0 Å². The van der Waals surface area contributed by atoms with Gasteiger partial charge in [0.1, 0.15) is 23.9 Å². The van der Waals surface area contributed by atoms with Gasteiger partial charge in [-0.2, -0.15) is 0 Å². The standard InChI is InChI=1S/C16H16BrFO3/c1-10(19)15-4-3-14(20-2)8-16(15)21-9-11-5-12(17)7-13(18)6-11/h3-8,10,19H,9H2,1-2H3. The van der Waals surface area contributed by atoms with E-state index in [1.807, 2.05) is 0 Å². The Bertz CT molecular complexity index is 609. The first-order chi connectivity index (χ1) is 9.99. The minimum absolute atomic E-state index is 0.198. The van der Waals surface area contributed by atoms with Crippen LogP contribution < -0.4 is 9.47 Å². The average molecular weight is 355 g/mol. The lowest BCUT2D eigenvalue weighted by molar-refractivity contribution is 0.190. The highest BCUT2D eigenvalue weighted by Crippen LogP contribution is 2.30. The lowest BCUT2D eigenvalue weighted by atomic mass is 10.1. The van der Waals surface area contributed by atoms with Gasteiger partial charge in [-0.05, 0) is 42.8 Å². The number of aliphatic hydroxyl groups is 1. The lowest BCUT2D eigenvalue weighted by Gasteiger charge is -2.15. The molecule has 0 bridgehead atoms. The maximum absolute atomic E-state index is 13.3. The molecule has 0 aliphatic heterocycles. The second-order valence-corrected chi connectivity index (χ2v) is 5.56. The van der Waals surface area contributed by atoms with Crippen molar-refractivity contribution in [3.63, 3.8) is 0 Å². The summed E-state index contributed by atoms with van der Waals surface area (Å²) in [4.78, 5) is 0. The zero-order valence-electron chi connectivity index (χ0n) is 11.8. The number of hydrogen-bond acceptors (Lipinski definition) is 3. The van der Waals surface area contributed by atoms with Gasteiger partial charge in [0.2, 0.25) is 0 Å². The Balaban J connectivity index is 2.21. The molecule has 3 nitrogen and oxygen atoms in total. The van der Waals surface area contributed by atoms with Crippen molar-refractivity contribution in [2.75, 3.05) is 7.11 Å². The van der Waals surface area contributed by atoms with E-state index in [2.05, 4.69) is 15.9 Å². The molecule has 112 valence electrons. The molecule has 21 heavy (non-hydrogen) atoms. The molecule has 2 aromatic rings. The van der Waals surface area contributed by atoms with Gasteiger partial charge in [-0.25, -0.2) is 4.39 Å². The van der Waals surface area contributed by atoms with E-state index in [0.717, 1.165) is 0 Å². The minimum Gasteiger partial charge on any atom is -0.497 e. The fourth-order valence-electron chi connectivity index (χ4n) is 1.97. The molecule has 0 saturated carbocycles. The summed E-state index contributed by atoms with van der Waals surface area (Å²) in [5.41, 5.74) is 1.35. The first-order valence-electron chi connectivity index (χ1n) is 6.43. The Labute approximate surface area is 131 Å². The number of hydrogen-bond donors (Lipinski definition) is 1. The van der Waals surface area contributed by atoms with E-state index in [1.165, 1.54) is 12.1 Å². The summed E-state index contributed by atoms with van der Waals surface area (Å²) in [5, 5.41) is 9.77. The maximum Gasteiger partial charge on any atom is 0.129 e. The zero-order valence-corrected chi connectivity index (χ0v) is 13.4. The third kappa shape index (κ3) is 4.19. The van der Waals surface area contributed by atoms with Gasteiger partial charge in [0.25, 0.3) is 0 Å². The summed E-state index contributed by atoms with van der Waals surface area (Å²) < 4.78 is 24.8. The molecule has 0 spiro atoms. The Morgan fingerprint density at radius 2 is 2.00 bits per heavy atom. The van der Waals surface area contributed by atoms with E-state index >= 15 is 0 Å². The lowest BCUT2D eigenvalue weighted by Crippen LogP contribution is -2.02. The van der Waals surface area contributed by atoms with Gasteiger partial charge in [-0.15, -0.1) is 0 Å². The molecule has 0 amide bonds. The number of ether oxygens (including phenoxy) is 2. The Kier molecular flexibility index (Phi) is 5.20. The van der Waals surface area contributed by atoms with Crippen LogP contribution in [0, 0.1) is 5.82 Å². The molecule has 0 fully saturated rings. The van der Waals surface area contributed by atoms with Crippen LogP contribution in [0.5, 0.6) is 11.5 Å². The van der Waals surface area contributed by atoms with Crippen molar-refractivity contribution in [2.24, 2.45) is 0 Å². The van der Waals surface area contributed by atoms with Gasteiger partial charge in [0, 0.05) is 16.1 Å².